The first-order chi connectivity index (χ1) is 3.27. The van der Waals surface area contributed by atoms with Crippen molar-refractivity contribution in [3.63, 3.8) is 0 Å². The van der Waals surface area contributed by atoms with Crippen molar-refractivity contribution in [1.82, 2.24) is 0 Å². The summed E-state index contributed by atoms with van der Waals surface area (Å²) < 4.78 is 0. The van der Waals surface area contributed by atoms with E-state index >= 15 is 0 Å². The molecule has 0 heterocycles. The van der Waals surface area contributed by atoms with Crippen LogP contribution in [0.5, 0.6) is 0 Å². The number of primary amides is 1. The Morgan fingerprint density at radius 3 is 2.38 bits per heavy atom. The number of unbranched alkanes of at least 4 members (excludes halogenated alkanes) is 1. The maximum absolute atomic E-state index is 9.96. The number of hydrogen-bond donors (Lipinski definition) is 1. The van der Waals surface area contributed by atoms with Gasteiger partial charge in [0.2, 0.25) is 5.91 Å². The van der Waals surface area contributed by atoms with Crippen molar-refractivity contribution in [2.24, 2.45) is 5.73 Å². The molecule has 0 fully saturated rings. The third-order valence-electron chi connectivity index (χ3n) is 0.679. The minimum Gasteiger partial charge on any atom is -0.370 e. The van der Waals surface area contributed by atoms with E-state index in [1.807, 2.05) is 13.3 Å². The van der Waals surface area contributed by atoms with E-state index in [1.165, 1.54) is 0 Å². The molecule has 0 rings (SSSR count). The van der Waals surface area contributed by atoms with Crippen LogP contribution in [0.2, 0.25) is 0 Å². The van der Waals surface area contributed by atoms with E-state index in [1.54, 1.807) is 0 Å². The largest absolute Gasteiger partial charge is 0.370 e. The maximum Gasteiger partial charge on any atom is 0.214 e. The van der Waals surface area contributed by atoms with E-state index in [0.29, 0.717) is 6.42 Å². The normalized spacial score (nSPS) is 7.62. The molecule has 2 nitrogen and oxygen atoms in total. The van der Waals surface area contributed by atoms with Crippen molar-refractivity contribution in [2.75, 3.05) is 0 Å². The van der Waals surface area contributed by atoms with Crippen LogP contribution in [0, 0.1) is 6.42 Å². The Bertz CT molecular complexity index is 65.4. The molecule has 2 N–H and O–H groups in total. The van der Waals surface area contributed by atoms with Gasteiger partial charge in [0.15, 0.2) is 0 Å². The first-order valence-corrected chi connectivity index (χ1v) is 2.33. The molecule has 0 aliphatic carbocycles. The molecule has 3 heteroatoms. The molecule has 8 heavy (non-hydrogen) atoms. The Balaban J connectivity index is 0. The minimum atomic E-state index is -0.224. The van der Waals surface area contributed by atoms with Crippen LogP contribution in [-0.4, -0.2) is 5.91 Å². The summed E-state index contributed by atoms with van der Waals surface area (Å²) >= 11 is 0. The van der Waals surface area contributed by atoms with Crippen molar-refractivity contribution in [1.29, 1.82) is 0 Å². The molecule has 0 spiro atoms. The predicted octanol–water partition coefficient (Wildman–Crippen LogP) is 0.474. The molecule has 1 radical (unpaired) electrons. The summed E-state index contributed by atoms with van der Waals surface area (Å²) in [7, 11) is 0. The topological polar surface area (TPSA) is 43.1 Å². The third kappa shape index (κ3) is 9.76. The van der Waals surface area contributed by atoms with Gasteiger partial charge in [-0.15, -0.1) is 0 Å². The third-order valence-corrected chi connectivity index (χ3v) is 0.679. The maximum atomic E-state index is 9.96. The molecular formula is C5H10NOY-. The molecular weight excluding hydrogens is 179 g/mol. The van der Waals surface area contributed by atoms with Crippen LogP contribution in [0.25, 0.3) is 0 Å². The molecule has 0 aromatic heterocycles. The summed E-state index contributed by atoms with van der Waals surface area (Å²) in [4.78, 5) is 9.96. The number of amides is 1. The fraction of sp³-hybridized carbons (Fsp3) is 0.600. The van der Waals surface area contributed by atoms with E-state index in [2.05, 4.69) is 0 Å². The van der Waals surface area contributed by atoms with Crippen LogP contribution >= 0.6 is 0 Å². The Labute approximate surface area is 75.1 Å². The second-order valence-corrected chi connectivity index (χ2v) is 1.41. The number of carbonyl (C=O) groups excluding carboxylic acids is 1. The van der Waals surface area contributed by atoms with Crippen molar-refractivity contribution in [3.05, 3.63) is 6.42 Å². The quantitative estimate of drug-likeness (QED) is 0.644. The van der Waals surface area contributed by atoms with E-state index in [4.69, 9.17) is 5.73 Å². The van der Waals surface area contributed by atoms with Gasteiger partial charge in [-0.3, -0.25) is 4.79 Å². The second kappa shape index (κ2) is 7.57. The summed E-state index contributed by atoms with van der Waals surface area (Å²) in [6.07, 6.45) is 3.20. The minimum absolute atomic E-state index is 0. The van der Waals surface area contributed by atoms with Gasteiger partial charge in [-0.1, -0.05) is 0 Å². The summed E-state index contributed by atoms with van der Waals surface area (Å²) in [5, 5.41) is 0. The smallest absolute Gasteiger partial charge is 0.214 e. The molecule has 0 aliphatic heterocycles. The summed E-state index contributed by atoms with van der Waals surface area (Å²) in [5.74, 6) is -0.224. The van der Waals surface area contributed by atoms with Gasteiger partial charge in [0.1, 0.15) is 0 Å². The molecule has 0 aromatic carbocycles. The molecule has 1 amide bonds. The van der Waals surface area contributed by atoms with Gasteiger partial charge in [0, 0.05) is 32.7 Å². The Morgan fingerprint density at radius 1 is 1.75 bits per heavy atom. The fourth-order valence-electron chi connectivity index (χ4n) is 0.287. The van der Waals surface area contributed by atoms with Crippen LogP contribution < -0.4 is 5.73 Å². The van der Waals surface area contributed by atoms with E-state index in [-0.39, 0.29) is 38.6 Å². The molecule has 0 saturated heterocycles. The molecule has 0 aliphatic rings. The zero-order chi connectivity index (χ0) is 5.70. The van der Waals surface area contributed by atoms with Crippen molar-refractivity contribution >= 4 is 5.91 Å². The number of nitrogens with two attached hydrogens (primary N) is 1. The Morgan fingerprint density at radius 2 is 2.25 bits per heavy atom. The fourth-order valence-corrected chi connectivity index (χ4v) is 0.287. The molecule has 45 valence electrons. The van der Waals surface area contributed by atoms with Gasteiger partial charge in [-0.05, 0) is 6.42 Å². The molecule has 0 unspecified atom stereocenters. The van der Waals surface area contributed by atoms with Gasteiger partial charge >= 0.3 is 0 Å². The summed E-state index contributed by atoms with van der Waals surface area (Å²) in [6, 6.07) is 0. The van der Waals surface area contributed by atoms with Crippen LogP contribution in [0.15, 0.2) is 0 Å². The molecule has 0 bridgehead atoms. The Hall–Kier alpha value is 0.574. The van der Waals surface area contributed by atoms with Crippen LogP contribution in [0.4, 0.5) is 0 Å². The monoisotopic (exact) mass is 189 g/mol. The van der Waals surface area contributed by atoms with E-state index in [0.717, 1.165) is 6.42 Å². The van der Waals surface area contributed by atoms with Gasteiger partial charge in [0.05, 0.1) is 0 Å². The van der Waals surface area contributed by atoms with Crippen molar-refractivity contribution < 1.29 is 37.5 Å². The number of hydrogen-bond acceptors (Lipinski definition) is 1. The van der Waals surface area contributed by atoms with Crippen LogP contribution in [0.3, 0.4) is 0 Å². The van der Waals surface area contributed by atoms with E-state index < -0.39 is 0 Å². The van der Waals surface area contributed by atoms with Crippen molar-refractivity contribution in [3.8, 4) is 0 Å². The summed E-state index contributed by atoms with van der Waals surface area (Å²) in [5.41, 5.74) is 4.82. The first kappa shape index (κ1) is 11.4. The van der Waals surface area contributed by atoms with Gasteiger partial charge in [-0.2, -0.15) is 13.3 Å². The molecule has 0 atom stereocenters. The average Bonchev–Trinajstić information content (AvgIpc) is 1.61. The van der Waals surface area contributed by atoms with Crippen LogP contribution in [0.1, 0.15) is 19.8 Å². The zero-order valence-electron chi connectivity index (χ0n) is 5.05. The first-order valence-electron chi connectivity index (χ1n) is 2.33. The summed E-state index contributed by atoms with van der Waals surface area (Å²) in [6.45, 7) is 1.91. The SMILES string of the molecule is C[CH-]CCC(N)=O.[Y]. The Kier molecular flexibility index (Phi) is 10.8. The molecule has 0 saturated carbocycles. The predicted molar refractivity (Wildman–Crippen MR) is 28.4 cm³/mol. The van der Waals surface area contributed by atoms with E-state index in [9.17, 15) is 4.79 Å². The number of rotatable bonds is 3. The standard InChI is InChI=1S/C5H10NO.Y/c1-2-3-4-5(6)7;/h2H,3-4H2,1H3,(H2,6,7);/q-1;. The van der Waals surface area contributed by atoms with Crippen molar-refractivity contribution in [2.45, 2.75) is 19.8 Å². The van der Waals surface area contributed by atoms with Gasteiger partial charge < -0.3 is 12.2 Å². The molecule has 0 aromatic rings. The zero-order valence-corrected chi connectivity index (χ0v) is 7.89. The number of carbonyl (C=O) groups is 1. The van der Waals surface area contributed by atoms with Gasteiger partial charge in [0.25, 0.3) is 0 Å². The average molecular weight is 189 g/mol. The second-order valence-electron chi connectivity index (χ2n) is 1.41. The van der Waals surface area contributed by atoms with Crippen LogP contribution in [-0.2, 0) is 37.5 Å². The van der Waals surface area contributed by atoms with Gasteiger partial charge in [-0.25, -0.2) is 0 Å².